The van der Waals surface area contributed by atoms with Crippen molar-refractivity contribution in [2.75, 3.05) is 25.5 Å². The number of nitrogens with one attached hydrogen (secondary N) is 1. The molecule has 1 N–H and O–H groups in total. The van der Waals surface area contributed by atoms with Gasteiger partial charge in [-0.2, -0.15) is 0 Å². The summed E-state index contributed by atoms with van der Waals surface area (Å²) in [6, 6.07) is 29.2. The van der Waals surface area contributed by atoms with E-state index in [9.17, 15) is 4.79 Å². The molecule has 0 atom stereocenters. The molecule has 4 aromatic rings. The second kappa shape index (κ2) is 9.44. The summed E-state index contributed by atoms with van der Waals surface area (Å²) in [6.07, 6.45) is 4.01. The average Bonchev–Trinajstić information content (AvgIpc) is 2.85. The number of amides is 1. The van der Waals surface area contributed by atoms with Crippen LogP contribution in [0.3, 0.4) is 0 Å². The van der Waals surface area contributed by atoms with E-state index in [0.29, 0.717) is 5.56 Å². The van der Waals surface area contributed by atoms with Crippen LogP contribution in [0, 0.1) is 6.92 Å². The molecule has 0 bridgehead atoms. The second-order valence-corrected chi connectivity index (χ2v) is 10.1. The first kappa shape index (κ1) is 22.4. The quantitative estimate of drug-likeness (QED) is 0.321. The van der Waals surface area contributed by atoms with Crippen molar-refractivity contribution in [3.8, 4) is 11.1 Å². The molecule has 1 aliphatic rings. The maximum absolute atomic E-state index is 13.0. The standard InChI is InChI=1S/C31H32N2O/c1-23-6-10-25(11-7-23)27-14-12-26-13-15-28(21-29(26)20-27)31(34)32-30-16-8-24(9-17-30)22-33(2)18-4-3-5-19-33/h6-17,20-21H,3-5,18-19,22H2,1-2H3/p+1. The molecule has 4 aromatic carbocycles. The summed E-state index contributed by atoms with van der Waals surface area (Å²) >= 11 is 0. The number of anilines is 1. The van der Waals surface area contributed by atoms with Crippen LogP contribution < -0.4 is 5.32 Å². The summed E-state index contributed by atoms with van der Waals surface area (Å²) in [5.41, 5.74) is 6.43. The molecule has 34 heavy (non-hydrogen) atoms. The lowest BCUT2D eigenvalue weighted by molar-refractivity contribution is -0.926. The van der Waals surface area contributed by atoms with E-state index >= 15 is 0 Å². The van der Waals surface area contributed by atoms with E-state index in [-0.39, 0.29) is 5.91 Å². The molecule has 3 nitrogen and oxygen atoms in total. The maximum atomic E-state index is 13.0. The number of carbonyl (C=O) groups is 1. The van der Waals surface area contributed by atoms with Gasteiger partial charge in [0.05, 0.1) is 20.1 Å². The van der Waals surface area contributed by atoms with Gasteiger partial charge in [-0.3, -0.25) is 4.79 Å². The number of quaternary nitrogens is 1. The van der Waals surface area contributed by atoms with Crippen molar-refractivity contribution in [1.29, 1.82) is 0 Å². The number of carbonyl (C=O) groups excluding carboxylic acids is 1. The third-order valence-electron chi connectivity index (χ3n) is 7.16. The average molecular weight is 450 g/mol. The molecule has 0 radical (unpaired) electrons. The van der Waals surface area contributed by atoms with Crippen molar-refractivity contribution in [2.24, 2.45) is 0 Å². The van der Waals surface area contributed by atoms with Gasteiger partial charge in [0.2, 0.25) is 0 Å². The predicted molar refractivity (Wildman–Crippen MR) is 142 cm³/mol. The summed E-state index contributed by atoms with van der Waals surface area (Å²) in [6.45, 7) is 5.67. The first-order chi connectivity index (χ1) is 16.5. The molecule has 0 aromatic heterocycles. The summed E-state index contributed by atoms with van der Waals surface area (Å²) in [4.78, 5) is 13.0. The number of nitrogens with zero attached hydrogens (tertiary/aromatic N) is 1. The number of hydrogen-bond donors (Lipinski definition) is 1. The number of piperidine rings is 1. The first-order valence-corrected chi connectivity index (χ1v) is 12.3. The number of likely N-dealkylation sites (tertiary alicyclic amines) is 1. The highest BCUT2D eigenvalue weighted by atomic mass is 16.1. The Morgan fingerprint density at radius 3 is 2.18 bits per heavy atom. The Labute approximate surface area is 202 Å². The zero-order valence-electron chi connectivity index (χ0n) is 20.2. The predicted octanol–water partition coefficient (Wildman–Crippen LogP) is 7.20. The lowest BCUT2D eigenvalue weighted by Crippen LogP contribution is -2.46. The number of hydrogen-bond acceptors (Lipinski definition) is 1. The molecule has 0 aliphatic carbocycles. The van der Waals surface area contributed by atoms with Gasteiger partial charge < -0.3 is 9.80 Å². The Balaban J connectivity index is 1.30. The highest BCUT2D eigenvalue weighted by Gasteiger charge is 2.24. The van der Waals surface area contributed by atoms with Crippen LogP contribution in [-0.4, -0.2) is 30.5 Å². The third kappa shape index (κ3) is 5.05. The van der Waals surface area contributed by atoms with Gasteiger partial charge in [0.15, 0.2) is 0 Å². The van der Waals surface area contributed by atoms with E-state index in [1.54, 1.807) is 0 Å². The van der Waals surface area contributed by atoms with Gasteiger partial charge in [-0.05, 0) is 78.4 Å². The van der Waals surface area contributed by atoms with E-state index in [0.717, 1.165) is 33.1 Å². The minimum Gasteiger partial charge on any atom is -0.322 e. The summed E-state index contributed by atoms with van der Waals surface area (Å²) < 4.78 is 1.12. The number of benzene rings is 4. The van der Waals surface area contributed by atoms with Crippen molar-refractivity contribution in [2.45, 2.75) is 32.7 Å². The number of fused-ring (bicyclic) bond motifs is 1. The fourth-order valence-corrected chi connectivity index (χ4v) is 5.08. The molecule has 3 heteroatoms. The van der Waals surface area contributed by atoms with Gasteiger partial charge in [-0.1, -0.05) is 60.2 Å². The van der Waals surface area contributed by atoms with Gasteiger partial charge in [0, 0.05) is 16.8 Å². The van der Waals surface area contributed by atoms with Gasteiger partial charge >= 0.3 is 0 Å². The fraction of sp³-hybridized carbons (Fsp3) is 0.258. The van der Waals surface area contributed by atoms with E-state index in [1.807, 2.05) is 30.3 Å². The fourth-order valence-electron chi connectivity index (χ4n) is 5.08. The molecular weight excluding hydrogens is 416 g/mol. The topological polar surface area (TPSA) is 29.1 Å². The van der Waals surface area contributed by atoms with Crippen molar-refractivity contribution in [1.82, 2.24) is 0 Å². The minimum absolute atomic E-state index is 0.0783. The zero-order chi connectivity index (χ0) is 23.5. The molecule has 1 aliphatic heterocycles. The highest BCUT2D eigenvalue weighted by molar-refractivity contribution is 6.06. The van der Waals surface area contributed by atoms with Gasteiger partial charge in [-0.15, -0.1) is 0 Å². The molecule has 1 heterocycles. The van der Waals surface area contributed by atoms with Gasteiger partial charge in [0.1, 0.15) is 6.54 Å². The molecule has 0 saturated carbocycles. The smallest absolute Gasteiger partial charge is 0.255 e. The van der Waals surface area contributed by atoms with Crippen molar-refractivity contribution in [3.63, 3.8) is 0 Å². The Kier molecular flexibility index (Phi) is 6.21. The minimum atomic E-state index is -0.0783. The van der Waals surface area contributed by atoms with E-state index in [1.165, 1.54) is 49.0 Å². The van der Waals surface area contributed by atoms with Crippen LogP contribution >= 0.6 is 0 Å². The molecule has 172 valence electrons. The van der Waals surface area contributed by atoms with Crippen molar-refractivity contribution < 1.29 is 9.28 Å². The third-order valence-corrected chi connectivity index (χ3v) is 7.16. The Morgan fingerprint density at radius 2 is 1.44 bits per heavy atom. The Hall–Kier alpha value is -3.43. The molecule has 1 saturated heterocycles. The summed E-state index contributed by atoms with van der Waals surface area (Å²) in [5, 5.41) is 5.27. The zero-order valence-corrected chi connectivity index (χ0v) is 20.2. The molecule has 0 spiro atoms. The van der Waals surface area contributed by atoms with Crippen LogP contribution in [0.15, 0.2) is 84.9 Å². The Bertz CT molecular complexity index is 1300. The van der Waals surface area contributed by atoms with Crippen LogP contribution in [0.5, 0.6) is 0 Å². The Morgan fingerprint density at radius 1 is 0.765 bits per heavy atom. The molecule has 5 rings (SSSR count). The number of aryl methyl sites for hydroxylation is 1. The van der Waals surface area contributed by atoms with Crippen LogP contribution in [-0.2, 0) is 6.54 Å². The first-order valence-electron chi connectivity index (χ1n) is 12.3. The molecule has 1 amide bonds. The largest absolute Gasteiger partial charge is 0.322 e. The van der Waals surface area contributed by atoms with Crippen LogP contribution in [0.25, 0.3) is 21.9 Å². The SMILES string of the molecule is Cc1ccc(-c2ccc3ccc(C(=O)Nc4ccc(C[N+]5(C)CCCCC5)cc4)cc3c2)cc1. The molecule has 1 fully saturated rings. The molecular formula is C31H33N2O+. The van der Waals surface area contributed by atoms with Crippen molar-refractivity contribution in [3.05, 3.63) is 102 Å². The van der Waals surface area contributed by atoms with E-state index in [2.05, 4.69) is 73.9 Å². The lowest BCUT2D eigenvalue weighted by Gasteiger charge is -2.37. The van der Waals surface area contributed by atoms with Crippen molar-refractivity contribution >= 4 is 22.4 Å². The van der Waals surface area contributed by atoms with Crippen LogP contribution in [0.1, 0.15) is 40.7 Å². The summed E-state index contributed by atoms with van der Waals surface area (Å²) in [5.74, 6) is -0.0783. The normalized spacial score (nSPS) is 15.2. The lowest BCUT2D eigenvalue weighted by atomic mass is 9.99. The van der Waals surface area contributed by atoms with Crippen LogP contribution in [0.2, 0.25) is 0 Å². The van der Waals surface area contributed by atoms with E-state index in [4.69, 9.17) is 0 Å². The van der Waals surface area contributed by atoms with E-state index < -0.39 is 0 Å². The highest BCUT2D eigenvalue weighted by Crippen LogP contribution is 2.26. The second-order valence-electron chi connectivity index (χ2n) is 10.1. The summed E-state index contributed by atoms with van der Waals surface area (Å²) in [7, 11) is 2.36. The monoisotopic (exact) mass is 449 g/mol. The maximum Gasteiger partial charge on any atom is 0.255 e. The van der Waals surface area contributed by atoms with Crippen LogP contribution in [0.4, 0.5) is 5.69 Å². The molecule has 0 unspecified atom stereocenters. The number of rotatable bonds is 5. The van der Waals surface area contributed by atoms with Gasteiger partial charge in [0.25, 0.3) is 5.91 Å². The van der Waals surface area contributed by atoms with Gasteiger partial charge in [-0.25, -0.2) is 0 Å².